The van der Waals surface area contributed by atoms with Crippen molar-refractivity contribution in [1.29, 1.82) is 0 Å². The Morgan fingerprint density at radius 2 is 2.26 bits per heavy atom. The highest BCUT2D eigenvalue weighted by Crippen LogP contribution is 2.21. The molecule has 19 heavy (non-hydrogen) atoms. The molecule has 0 bridgehead atoms. The zero-order valence-electron chi connectivity index (χ0n) is 10.2. The van der Waals surface area contributed by atoms with Gasteiger partial charge in [-0.25, -0.2) is 18.1 Å². The first-order valence-corrected chi connectivity index (χ1v) is 8.09. The molecule has 0 atom stereocenters. The highest BCUT2D eigenvalue weighted by molar-refractivity contribution is 7.91. The van der Waals surface area contributed by atoms with E-state index in [2.05, 4.69) is 14.7 Å². The fraction of sp³-hybridized carbons (Fsp3) is 0.364. The number of rotatable bonds is 7. The maximum atomic E-state index is 11.9. The van der Waals surface area contributed by atoms with Crippen LogP contribution >= 0.6 is 11.3 Å². The summed E-state index contributed by atoms with van der Waals surface area (Å²) in [5.74, 6) is 0.845. The number of aromatic nitrogens is 2. The summed E-state index contributed by atoms with van der Waals surface area (Å²) >= 11 is 1.08. The number of nitrogens with one attached hydrogen (secondary N) is 2. The van der Waals surface area contributed by atoms with Crippen molar-refractivity contribution in [2.24, 2.45) is 0 Å². The van der Waals surface area contributed by atoms with E-state index < -0.39 is 10.0 Å². The van der Waals surface area contributed by atoms with Gasteiger partial charge in [0.05, 0.1) is 6.61 Å². The Balaban J connectivity index is 1.84. The molecule has 6 nitrogen and oxygen atoms in total. The van der Waals surface area contributed by atoms with Crippen LogP contribution in [0.4, 0.5) is 0 Å². The first-order chi connectivity index (χ1) is 9.12. The summed E-state index contributed by atoms with van der Waals surface area (Å²) in [6.45, 7) is 0.216. The molecule has 3 N–H and O–H groups in total. The van der Waals surface area contributed by atoms with Crippen LogP contribution in [0.2, 0.25) is 0 Å². The number of aliphatic hydroxyl groups is 1. The fourth-order valence-corrected chi connectivity index (χ4v) is 3.89. The molecule has 2 heterocycles. The lowest BCUT2D eigenvalue weighted by Crippen LogP contribution is -2.24. The normalized spacial score (nSPS) is 11.8. The molecular formula is C11H15N3O3S2. The lowest BCUT2D eigenvalue weighted by molar-refractivity contribution is 0.285. The standard InChI is InChI=1S/C11H15N3O3S2/c15-8-9-3-4-11(18-9)19(16,17)14-5-1-2-10-12-6-7-13-10/h3-4,6-7,14-15H,1-2,5,8H2,(H,12,13). The second-order valence-electron chi connectivity index (χ2n) is 3.92. The molecule has 2 aromatic heterocycles. The first kappa shape index (κ1) is 14.2. The molecule has 0 saturated heterocycles. The third-order valence-electron chi connectivity index (χ3n) is 2.49. The maximum Gasteiger partial charge on any atom is 0.250 e. The molecule has 104 valence electrons. The van der Waals surface area contributed by atoms with E-state index in [-0.39, 0.29) is 10.8 Å². The number of aryl methyl sites for hydroxylation is 1. The van der Waals surface area contributed by atoms with Crippen LogP contribution in [0.25, 0.3) is 0 Å². The van der Waals surface area contributed by atoms with Crippen molar-refractivity contribution in [3.8, 4) is 0 Å². The third kappa shape index (κ3) is 3.87. The molecule has 0 unspecified atom stereocenters. The summed E-state index contributed by atoms with van der Waals surface area (Å²) in [5, 5.41) is 8.92. The van der Waals surface area contributed by atoms with Crippen LogP contribution in [0.3, 0.4) is 0 Å². The van der Waals surface area contributed by atoms with Crippen LogP contribution in [-0.4, -0.2) is 30.0 Å². The molecule has 0 amide bonds. The van der Waals surface area contributed by atoms with Crippen LogP contribution < -0.4 is 4.72 Å². The Labute approximate surface area is 115 Å². The highest BCUT2D eigenvalue weighted by atomic mass is 32.2. The minimum atomic E-state index is -3.46. The van der Waals surface area contributed by atoms with E-state index in [1.807, 2.05) is 0 Å². The number of aliphatic hydroxyl groups excluding tert-OH is 1. The van der Waals surface area contributed by atoms with E-state index >= 15 is 0 Å². The van der Waals surface area contributed by atoms with Crippen molar-refractivity contribution in [2.45, 2.75) is 23.7 Å². The summed E-state index contributed by atoms with van der Waals surface area (Å²) in [6.07, 6.45) is 4.77. The Morgan fingerprint density at radius 1 is 1.42 bits per heavy atom. The summed E-state index contributed by atoms with van der Waals surface area (Å²) in [6, 6.07) is 3.12. The lowest BCUT2D eigenvalue weighted by Gasteiger charge is -2.03. The van der Waals surface area contributed by atoms with Gasteiger partial charge in [-0.15, -0.1) is 11.3 Å². The monoisotopic (exact) mass is 301 g/mol. The smallest absolute Gasteiger partial charge is 0.250 e. The van der Waals surface area contributed by atoms with E-state index in [9.17, 15) is 8.42 Å². The van der Waals surface area contributed by atoms with Gasteiger partial charge in [0.1, 0.15) is 10.0 Å². The zero-order chi connectivity index (χ0) is 13.7. The molecule has 0 radical (unpaired) electrons. The minimum Gasteiger partial charge on any atom is -0.391 e. The predicted octanol–water partition coefficient (Wildman–Crippen LogP) is 0.875. The SMILES string of the molecule is O=S(=O)(NCCCc1ncc[nH]1)c1ccc(CO)s1. The van der Waals surface area contributed by atoms with Crippen LogP contribution in [0.1, 0.15) is 17.1 Å². The third-order valence-corrected chi connectivity index (χ3v) is 5.52. The number of aromatic amines is 1. The second-order valence-corrected chi connectivity index (χ2v) is 7.08. The van der Waals surface area contributed by atoms with Gasteiger partial charge in [0.25, 0.3) is 0 Å². The topological polar surface area (TPSA) is 95.1 Å². The van der Waals surface area contributed by atoms with Crippen molar-refractivity contribution in [3.63, 3.8) is 0 Å². The highest BCUT2D eigenvalue weighted by Gasteiger charge is 2.15. The molecule has 0 spiro atoms. The maximum absolute atomic E-state index is 11.9. The number of nitrogens with zero attached hydrogens (tertiary/aromatic N) is 1. The number of imidazole rings is 1. The molecule has 2 aromatic rings. The van der Waals surface area contributed by atoms with E-state index in [4.69, 9.17) is 5.11 Å². The van der Waals surface area contributed by atoms with Gasteiger partial charge in [-0.1, -0.05) is 0 Å². The van der Waals surface area contributed by atoms with Crippen molar-refractivity contribution in [2.75, 3.05) is 6.54 Å². The summed E-state index contributed by atoms with van der Waals surface area (Å²) in [5.41, 5.74) is 0. The lowest BCUT2D eigenvalue weighted by atomic mass is 10.3. The van der Waals surface area contributed by atoms with Gasteiger partial charge in [0.15, 0.2) is 0 Å². The van der Waals surface area contributed by atoms with Gasteiger partial charge in [-0.2, -0.15) is 0 Å². The number of thiophene rings is 1. The van der Waals surface area contributed by atoms with Gasteiger partial charge in [0.2, 0.25) is 10.0 Å². The average Bonchev–Trinajstić information content (AvgIpc) is 3.05. The Hall–Kier alpha value is -1.22. The molecule has 0 aliphatic carbocycles. The Morgan fingerprint density at radius 3 is 2.89 bits per heavy atom. The summed E-state index contributed by atoms with van der Waals surface area (Å²) in [4.78, 5) is 7.66. The average molecular weight is 301 g/mol. The van der Waals surface area contributed by atoms with Crippen molar-refractivity contribution in [3.05, 3.63) is 35.2 Å². The van der Waals surface area contributed by atoms with Crippen LogP contribution in [0, 0.1) is 0 Å². The Bertz CT molecular complexity index is 605. The summed E-state index contributed by atoms with van der Waals surface area (Å²) < 4.78 is 26.6. The molecule has 0 aliphatic heterocycles. The van der Waals surface area contributed by atoms with E-state index in [1.54, 1.807) is 18.5 Å². The zero-order valence-corrected chi connectivity index (χ0v) is 11.8. The first-order valence-electron chi connectivity index (χ1n) is 5.79. The predicted molar refractivity (Wildman–Crippen MR) is 72.3 cm³/mol. The van der Waals surface area contributed by atoms with Gasteiger partial charge in [-0.05, 0) is 18.6 Å². The molecule has 0 aromatic carbocycles. The molecule has 0 saturated carbocycles. The van der Waals surface area contributed by atoms with Crippen molar-refractivity contribution >= 4 is 21.4 Å². The molecule has 0 fully saturated rings. The van der Waals surface area contributed by atoms with Crippen molar-refractivity contribution in [1.82, 2.24) is 14.7 Å². The van der Waals surface area contributed by atoms with E-state index in [0.717, 1.165) is 17.2 Å². The van der Waals surface area contributed by atoms with E-state index in [0.29, 0.717) is 24.3 Å². The number of sulfonamides is 1. The fourth-order valence-electron chi connectivity index (χ4n) is 1.56. The molecule has 8 heteroatoms. The molecule has 2 rings (SSSR count). The van der Waals surface area contributed by atoms with Gasteiger partial charge in [-0.3, -0.25) is 0 Å². The molecule has 0 aliphatic rings. The minimum absolute atomic E-state index is 0.140. The summed E-state index contributed by atoms with van der Waals surface area (Å²) in [7, 11) is -3.46. The van der Waals surface area contributed by atoms with Gasteiger partial charge in [0, 0.05) is 30.2 Å². The number of hydrogen-bond acceptors (Lipinski definition) is 5. The van der Waals surface area contributed by atoms with Gasteiger partial charge >= 0.3 is 0 Å². The Kier molecular flexibility index (Phi) is 4.70. The van der Waals surface area contributed by atoms with Gasteiger partial charge < -0.3 is 10.1 Å². The quantitative estimate of drug-likeness (QED) is 0.661. The number of H-pyrrole nitrogens is 1. The van der Waals surface area contributed by atoms with Crippen LogP contribution in [-0.2, 0) is 23.1 Å². The van der Waals surface area contributed by atoms with Crippen LogP contribution in [0.15, 0.2) is 28.7 Å². The number of hydrogen-bond donors (Lipinski definition) is 3. The van der Waals surface area contributed by atoms with Crippen molar-refractivity contribution < 1.29 is 13.5 Å². The largest absolute Gasteiger partial charge is 0.391 e. The second kappa shape index (κ2) is 6.29. The van der Waals surface area contributed by atoms with Crippen LogP contribution in [0.5, 0.6) is 0 Å². The molecular weight excluding hydrogens is 286 g/mol. The van der Waals surface area contributed by atoms with E-state index in [1.165, 1.54) is 6.07 Å².